The summed E-state index contributed by atoms with van der Waals surface area (Å²) in [4.78, 5) is 18.8. The lowest BCUT2D eigenvalue weighted by molar-refractivity contribution is -0.137. The fourth-order valence-electron chi connectivity index (χ4n) is 2.99. The molecule has 0 radical (unpaired) electrons. The molecule has 3 aromatic rings. The second-order valence-corrected chi connectivity index (χ2v) is 6.55. The standard InChI is InChI=1S/C19H18F3N7O/c20-19(21,22)13-3-4-24-11-15(13)26-17-9-14(12-1-2-16(23)25-10-12)27-18(28-17)29-5-7-30-8-6-29/h1-4,9-11H,5-8H2,(H2,23,25)(H,26,27,28). The van der Waals surface area contributed by atoms with Crippen LogP contribution in [0.15, 0.2) is 42.9 Å². The Labute approximate surface area is 170 Å². The van der Waals surface area contributed by atoms with Gasteiger partial charge in [-0.2, -0.15) is 18.2 Å². The van der Waals surface area contributed by atoms with Gasteiger partial charge in [0.15, 0.2) is 0 Å². The Morgan fingerprint density at radius 3 is 2.57 bits per heavy atom. The minimum Gasteiger partial charge on any atom is -0.384 e. The molecular formula is C19H18F3N7O. The highest BCUT2D eigenvalue weighted by molar-refractivity contribution is 5.68. The molecule has 1 saturated heterocycles. The molecule has 8 nitrogen and oxygen atoms in total. The highest BCUT2D eigenvalue weighted by Crippen LogP contribution is 2.35. The van der Waals surface area contributed by atoms with Crippen LogP contribution in [0.4, 0.5) is 36.4 Å². The topological polar surface area (TPSA) is 102 Å². The number of pyridine rings is 2. The van der Waals surface area contributed by atoms with Crippen molar-refractivity contribution < 1.29 is 17.9 Å². The van der Waals surface area contributed by atoms with Crippen LogP contribution in [0.1, 0.15) is 5.56 Å². The summed E-state index contributed by atoms with van der Waals surface area (Å²) in [6.45, 7) is 2.17. The molecule has 0 amide bonds. The summed E-state index contributed by atoms with van der Waals surface area (Å²) < 4.78 is 45.4. The molecule has 0 aliphatic carbocycles. The highest BCUT2D eigenvalue weighted by atomic mass is 19.4. The summed E-state index contributed by atoms with van der Waals surface area (Å²) in [6.07, 6.45) is -0.771. The third-order valence-corrected chi connectivity index (χ3v) is 4.48. The van der Waals surface area contributed by atoms with Crippen molar-refractivity contribution in [2.75, 3.05) is 42.3 Å². The normalized spacial score (nSPS) is 14.6. The molecule has 0 atom stereocenters. The van der Waals surface area contributed by atoms with Crippen molar-refractivity contribution in [1.82, 2.24) is 19.9 Å². The third kappa shape index (κ3) is 4.40. The molecule has 3 N–H and O–H groups in total. The van der Waals surface area contributed by atoms with Gasteiger partial charge in [-0.15, -0.1) is 0 Å². The van der Waals surface area contributed by atoms with Crippen molar-refractivity contribution in [1.29, 1.82) is 0 Å². The molecule has 0 bridgehead atoms. The number of morpholine rings is 1. The number of hydrogen-bond acceptors (Lipinski definition) is 8. The second-order valence-electron chi connectivity index (χ2n) is 6.55. The molecule has 4 heterocycles. The van der Waals surface area contributed by atoms with Gasteiger partial charge in [0.2, 0.25) is 5.95 Å². The van der Waals surface area contributed by atoms with E-state index in [0.717, 1.165) is 18.5 Å². The van der Waals surface area contributed by atoms with Gasteiger partial charge < -0.3 is 20.7 Å². The zero-order chi connectivity index (χ0) is 21.1. The number of anilines is 4. The van der Waals surface area contributed by atoms with E-state index < -0.39 is 11.7 Å². The SMILES string of the molecule is Nc1ccc(-c2cc(Nc3cnccc3C(F)(F)F)nc(N3CCOCC3)n2)cn1. The molecule has 156 valence electrons. The van der Waals surface area contributed by atoms with Crippen molar-refractivity contribution >= 4 is 23.3 Å². The van der Waals surface area contributed by atoms with E-state index in [4.69, 9.17) is 10.5 Å². The number of rotatable bonds is 4. The van der Waals surface area contributed by atoms with Crippen molar-refractivity contribution in [2.45, 2.75) is 6.18 Å². The van der Waals surface area contributed by atoms with Crippen LogP contribution in [0.5, 0.6) is 0 Å². The predicted octanol–water partition coefficient (Wildman–Crippen LogP) is 3.11. The molecule has 1 aliphatic rings. The van der Waals surface area contributed by atoms with Gasteiger partial charge in [0.1, 0.15) is 11.6 Å². The Hall–Kier alpha value is -3.47. The summed E-state index contributed by atoms with van der Waals surface area (Å²) in [5, 5.41) is 2.74. The Morgan fingerprint density at radius 1 is 1.07 bits per heavy atom. The largest absolute Gasteiger partial charge is 0.418 e. The monoisotopic (exact) mass is 417 g/mol. The van der Waals surface area contributed by atoms with E-state index >= 15 is 0 Å². The molecular weight excluding hydrogens is 399 g/mol. The van der Waals surface area contributed by atoms with Crippen molar-refractivity contribution in [3.8, 4) is 11.3 Å². The predicted molar refractivity (Wildman–Crippen MR) is 105 cm³/mol. The van der Waals surface area contributed by atoms with Crippen LogP contribution in [0, 0.1) is 0 Å². The molecule has 11 heteroatoms. The lowest BCUT2D eigenvalue weighted by Gasteiger charge is -2.27. The summed E-state index contributed by atoms with van der Waals surface area (Å²) in [7, 11) is 0. The van der Waals surface area contributed by atoms with Crippen LogP contribution in [-0.2, 0) is 10.9 Å². The van der Waals surface area contributed by atoms with Gasteiger partial charge in [-0.25, -0.2) is 9.97 Å². The van der Waals surface area contributed by atoms with Crippen molar-refractivity contribution in [2.24, 2.45) is 0 Å². The van der Waals surface area contributed by atoms with E-state index in [1.165, 1.54) is 0 Å². The first-order valence-corrected chi connectivity index (χ1v) is 9.12. The zero-order valence-electron chi connectivity index (χ0n) is 15.7. The molecule has 30 heavy (non-hydrogen) atoms. The number of halogens is 3. The molecule has 1 aliphatic heterocycles. The number of nitrogen functional groups attached to an aromatic ring is 1. The van der Waals surface area contributed by atoms with Gasteiger partial charge >= 0.3 is 6.18 Å². The van der Waals surface area contributed by atoms with Gasteiger partial charge in [0.25, 0.3) is 0 Å². The Balaban J connectivity index is 1.75. The lowest BCUT2D eigenvalue weighted by atomic mass is 10.2. The minimum absolute atomic E-state index is 0.196. The average Bonchev–Trinajstić information content (AvgIpc) is 2.74. The lowest BCUT2D eigenvalue weighted by Crippen LogP contribution is -2.37. The van der Waals surface area contributed by atoms with Crippen LogP contribution in [0.2, 0.25) is 0 Å². The first-order valence-electron chi connectivity index (χ1n) is 9.12. The maximum Gasteiger partial charge on any atom is 0.418 e. The van der Waals surface area contributed by atoms with E-state index in [1.54, 1.807) is 24.4 Å². The van der Waals surface area contributed by atoms with Gasteiger partial charge in [-0.3, -0.25) is 4.98 Å². The molecule has 0 saturated carbocycles. The summed E-state index contributed by atoms with van der Waals surface area (Å²) in [5.74, 6) is 0.939. The summed E-state index contributed by atoms with van der Waals surface area (Å²) >= 11 is 0. The van der Waals surface area contributed by atoms with Gasteiger partial charge in [0.05, 0.1) is 36.4 Å². The van der Waals surface area contributed by atoms with E-state index in [2.05, 4.69) is 25.3 Å². The highest BCUT2D eigenvalue weighted by Gasteiger charge is 2.33. The maximum absolute atomic E-state index is 13.4. The van der Waals surface area contributed by atoms with Crippen LogP contribution in [0.25, 0.3) is 11.3 Å². The quantitative estimate of drug-likeness (QED) is 0.668. The first kappa shape index (κ1) is 19.8. The maximum atomic E-state index is 13.4. The fourth-order valence-corrected chi connectivity index (χ4v) is 2.99. The summed E-state index contributed by atoms with van der Waals surface area (Å²) in [5.41, 5.74) is 5.78. The summed E-state index contributed by atoms with van der Waals surface area (Å²) in [6, 6.07) is 5.84. The van der Waals surface area contributed by atoms with Crippen molar-refractivity contribution in [3.05, 3.63) is 48.4 Å². The minimum atomic E-state index is -4.53. The third-order valence-electron chi connectivity index (χ3n) is 4.48. The molecule has 0 aromatic carbocycles. The molecule has 3 aromatic heterocycles. The van der Waals surface area contributed by atoms with E-state index in [1.807, 2.05) is 4.90 Å². The van der Waals surface area contributed by atoms with Crippen LogP contribution >= 0.6 is 0 Å². The molecule has 4 rings (SSSR count). The van der Waals surface area contributed by atoms with Crippen LogP contribution in [0.3, 0.4) is 0 Å². The van der Waals surface area contributed by atoms with Gasteiger partial charge in [-0.05, 0) is 18.2 Å². The van der Waals surface area contributed by atoms with Gasteiger partial charge in [-0.1, -0.05) is 0 Å². The van der Waals surface area contributed by atoms with Crippen LogP contribution < -0.4 is 16.0 Å². The smallest absolute Gasteiger partial charge is 0.384 e. The first-order chi connectivity index (χ1) is 14.4. The zero-order valence-corrected chi connectivity index (χ0v) is 15.7. The Bertz CT molecular complexity index is 1020. The molecule has 0 spiro atoms. The number of alkyl halides is 3. The second kappa shape index (κ2) is 8.11. The molecule has 1 fully saturated rings. The van der Waals surface area contributed by atoms with E-state index in [-0.39, 0.29) is 11.5 Å². The Kier molecular flexibility index (Phi) is 5.36. The number of hydrogen-bond donors (Lipinski definition) is 2. The average molecular weight is 417 g/mol. The fraction of sp³-hybridized carbons (Fsp3) is 0.263. The number of nitrogens with zero attached hydrogens (tertiary/aromatic N) is 5. The van der Waals surface area contributed by atoms with Crippen LogP contribution in [-0.4, -0.2) is 46.2 Å². The number of nitrogens with one attached hydrogen (secondary N) is 1. The van der Waals surface area contributed by atoms with Crippen molar-refractivity contribution in [3.63, 3.8) is 0 Å². The number of ether oxygens (including phenoxy) is 1. The number of aromatic nitrogens is 4. The number of nitrogens with two attached hydrogens (primary N) is 1. The van der Waals surface area contributed by atoms with Gasteiger partial charge in [0, 0.05) is 37.1 Å². The molecule has 0 unspecified atom stereocenters. The Morgan fingerprint density at radius 2 is 1.87 bits per heavy atom. The van der Waals surface area contributed by atoms with E-state index in [9.17, 15) is 13.2 Å². The van der Waals surface area contributed by atoms with E-state index in [0.29, 0.717) is 49.3 Å².